The topological polar surface area (TPSA) is 67.6 Å². The van der Waals surface area contributed by atoms with Crippen LogP contribution in [0.1, 0.15) is 22.2 Å². The molecule has 1 atom stereocenters. The second-order valence-corrected chi connectivity index (χ2v) is 10.5. The number of aromatic nitrogens is 2. The fourth-order valence-corrected chi connectivity index (χ4v) is 6.49. The number of fused-ring (bicyclic) bond motifs is 1. The lowest BCUT2D eigenvalue weighted by Gasteiger charge is -2.20. The maximum absolute atomic E-state index is 13.1. The molecule has 1 amide bonds. The third kappa shape index (κ3) is 3.53. The molecule has 0 saturated carbocycles. The molecule has 30 heavy (non-hydrogen) atoms. The number of amides is 1. The molecule has 4 aromatic rings. The molecule has 0 fully saturated rings. The summed E-state index contributed by atoms with van der Waals surface area (Å²) >= 11 is 5.92. The summed E-state index contributed by atoms with van der Waals surface area (Å²) in [6.07, 6.45) is 0.703. The van der Waals surface area contributed by atoms with E-state index in [-0.39, 0.29) is 23.3 Å². The number of carbonyl (C=O) groups excluding carboxylic acids is 1. The van der Waals surface area contributed by atoms with E-state index in [1.165, 1.54) is 27.7 Å². The first-order valence-electron chi connectivity index (χ1n) is 9.15. The molecule has 0 bridgehead atoms. The van der Waals surface area contributed by atoms with Gasteiger partial charge in [-0.1, -0.05) is 23.9 Å². The molecule has 0 saturated heterocycles. The Bertz CT molecular complexity index is 1290. The van der Waals surface area contributed by atoms with E-state index >= 15 is 0 Å². The van der Waals surface area contributed by atoms with E-state index in [0.717, 1.165) is 15.5 Å². The average Bonchev–Trinajstić information content (AvgIpc) is 3.55. The van der Waals surface area contributed by atoms with Crippen LogP contribution in [0, 0.1) is 0 Å². The fraction of sp³-hybridized carbons (Fsp3) is 0.200. The Morgan fingerprint density at radius 1 is 1.17 bits per heavy atom. The molecule has 5 heterocycles. The zero-order chi connectivity index (χ0) is 20.7. The third-order valence-electron chi connectivity index (χ3n) is 4.81. The number of hydrogen-bond acceptors (Lipinski definition) is 8. The Morgan fingerprint density at radius 2 is 2.00 bits per heavy atom. The molecular formula is C20H16N4O2S4. The summed E-state index contributed by atoms with van der Waals surface area (Å²) in [7, 11) is 1.69. The van der Waals surface area contributed by atoms with Crippen LogP contribution < -0.4 is 5.56 Å². The Balaban J connectivity index is 1.40. The van der Waals surface area contributed by atoms with Gasteiger partial charge < -0.3 is 0 Å². The van der Waals surface area contributed by atoms with Crippen molar-refractivity contribution in [2.24, 2.45) is 12.1 Å². The Labute approximate surface area is 188 Å². The Kier molecular flexibility index (Phi) is 5.32. The van der Waals surface area contributed by atoms with Crippen molar-refractivity contribution in [2.45, 2.75) is 17.6 Å². The number of rotatable bonds is 5. The minimum atomic E-state index is -0.0929. The molecule has 1 aliphatic heterocycles. The molecule has 0 N–H and O–H groups in total. The van der Waals surface area contributed by atoms with Crippen molar-refractivity contribution in [1.29, 1.82) is 0 Å². The first-order valence-corrected chi connectivity index (χ1v) is 12.8. The molecule has 0 aliphatic carbocycles. The Hall–Kier alpha value is -2.27. The lowest BCUT2D eigenvalue weighted by Crippen LogP contribution is -2.28. The minimum absolute atomic E-state index is 0.0828. The van der Waals surface area contributed by atoms with Crippen LogP contribution in [-0.2, 0) is 11.8 Å². The van der Waals surface area contributed by atoms with E-state index in [2.05, 4.69) is 10.1 Å². The van der Waals surface area contributed by atoms with Gasteiger partial charge in [-0.25, -0.2) is 9.99 Å². The van der Waals surface area contributed by atoms with E-state index in [1.807, 2.05) is 46.5 Å². The summed E-state index contributed by atoms with van der Waals surface area (Å²) in [5.41, 5.74) is 1.53. The highest BCUT2D eigenvalue weighted by molar-refractivity contribution is 7.99. The normalized spacial score (nSPS) is 16.4. The van der Waals surface area contributed by atoms with Gasteiger partial charge in [0.1, 0.15) is 4.70 Å². The number of thiophene rings is 3. The van der Waals surface area contributed by atoms with Gasteiger partial charge in [-0.15, -0.1) is 34.0 Å². The monoisotopic (exact) mass is 472 g/mol. The van der Waals surface area contributed by atoms with Crippen molar-refractivity contribution in [3.8, 4) is 0 Å². The van der Waals surface area contributed by atoms with Gasteiger partial charge in [0, 0.05) is 18.3 Å². The summed E-state index contributed by atoms with van der Waals surface area (Å²) < 4.78 is 2.15. The first kappa shape index (κ1) is 19.7. The SMILES string of the molecule is Cn1c(SCC(=O)N2N=C(c3cccs3)C[C@H]2c2cccs2)nc2ccsc2c1=O. The van der Waals surface area contributed by atoms with E-state index in [1.54, 1.807) is 34.7 Å². The van der Waals surface area contributed by atoms with Gasteiger partial charge in [0.2, 0.25) is 0 Å². The van der Waals surface area contributed by atoms with E-state index in [0.29, 0.717) is 21.8 Å². The van der Waals surface area contributed by atoms with Crippen LogP contribution >= 0.6 is 45.8 Å². The minimum Gasteiger partial charge on any atom is -0.290 e. The number of thioether (sulfide) groups is 1. The molecule has 152 valence electrons. The van der Waals surface area contributed by atoms with Crippen LogP contribution in [-0.4, -0.2) is 31.9 Å². The highest BCUT2D eigenvalue weighted by Crippen LogP contribution is 2.36. The number of carbonyl (C=O) groups is 1. The van der Waals surface area contributed by atoms with Crippen molar-refractivity contribution in [3.05, 3.63) is 66.6 Å². The van der Waals surface area contributed by atoms with Crippen LogP contribution in [0.3, 0.4) is 0 Å². The molecule has 0 aromatic carbocycles. The molecule has 10 heteroatoms. The molecule has 0 radical (unpaired) electrons. The zero-order valence-electron chi connectivity index (χ0n) is 15.8. The predicted molar refractivity (Wildman–Crippen MR) is 125 cm³/mol. The summed E-state index contributed by atoms with van der Waals surface area (Å²) in [4.78, 5) is 32.4. The van der Waals surface area contributed by atoms with Crippen molar-refractivity contribution in [1.82, 2.24) is 14.6 Å². The van der Waals surface area contributed by atoms with Crippen LogP contribution in [0.25, 0.3) is 10.2 Å². The number of hydrogen-bond donors (Lipinski definition) is 0. The average molecular weight is 473 g/mol. The van der Waals surface area contributed by atoms with Gasteiger partial charge in [-0.3, -0.25) is 14.2 Å². The largest absolute Gasteiger partial charge is 0.290 e. The van der Waals surface area contributed by atoms with Crippen LogP contribution in [0.2, 0.25) is 0 Å². The van der Waals surface area contributed by atoms with Crippen LogP contribution in [0.4, 0.5) is 0 Å². The van der Waals surface area contributed by atoms with E-state index in [4.69, 9.17) is 0 Å². The van der Waals surface area contributed by atoms with Gasteiger partial charge >= 0.3 is 0 Å². The summed E-state index contributed by atoms with van der Waals surface area (Å²) in [6, 6.07) is 9.81. The molecular weight excluding hydrogens is 457 g/mol. The van der Waals surface area contributed by atoms with E-state index in [9.17, 15) is 9.59 Å². The molecule has 4 aromatic heterocycles. The van der Waals surface area contributed by atoms with Crippen molar-refractivity contribution in [3.63, 3.8) is 0 Å². The molecule has 5 rings (SSSR count). The van der Waals surface area contributed by atoms with Gasteiger partial charge in [0.25, 0.3) is 11.5 Å². The molecule has 1 aliphatic rings. The second kappa shape index (κ2) is 8.10. The van der Waals surface area contributed by atoms with Crippen molar-refractivity contribution >= 4 is 67.6 Å². The van der Waals surface area contributed by atoms with Gasteiger partial charge in [-0.05, 0) is 34.3 Å². The summed E-state index contributed by atoms with van der Waals surface area (Å²) in [5, 5.41) is 12.7. The van der Waals surface area contributed by atoms with Gasteiger partial charge in [-0.2, -0.15) is 5.10 Å². The van der Waals surface area contributed by atoms with E-state index < -0.39 is 0 Å². The highest BCUT2D eigenvalue weighted by atomic mass is 32.2. The lowest BCUT2D eigenvalue weighted by molar-refractivity contribution is -0.130. The maximum atomic E-state index is 13.1. The Morgan fingerprint density at radius 3 is 2.77 bits per heavy atom. The van der Waals surface area contributed by atoms with Crippen LogP contribution in [0.5, 0.6) is 0 Å². The quantitative estimate of drug-likeness (QED) is 0.315. The summed E-state index contributed by atoms with van der Waals surface area (Å²) in [5.74, 6) is 0.0728. The molecule has 0 spiro atoms. The maximum Gasteiger partial charge on any atom is 0.271 e. The lowest BCUT2D eigenvalue weighted by atomic mass is 10.1. The van der Waals surface area contributed by atoms with Crippen LogP contribution in [0.15, 0.2) is 61.5 Å². The van der Waals surface area contributed by atoms with Gasteiger partial charge in [0.05, 0.1) is 27.9 Å². The summed E-state index contributed by atoms with van der Waals surface area (Å²) in [6.45, 7) is 0. The second-order valence-electron chi connectivity index (χ2n) is 6.68. The highest BCUT2D eigenvalue weighted by Gasteiger charge is 2.34. The molecule has 0 unspecified atom stereocenters. The number of nitrogens with zero attached hydrogens (tertiary/aromatic N) is 4. The standard InChI is InChI=1S/C20H16N4O2S4/c1-23-19(26)18-12(6-9-29-18)21-20(23)30-11-17(25)24-14(16-5-3-8-28-16)10-13(22-24)15-4-2-7-27-15/h2-9,14H,10-11H2,1H3/t14-/m0/s1. The van der Waals surface area contributed by atoms with Gasteiger partial charge in [0.15, 0.2) is 5.16 Å². The molecule has 6 nitrogen and oxygen atoms in total. The smallest absolute Gasteiger partial charge is 0.271 e. The zero-order valence-corrected chi connectivity index (χ0v) is 19.1. The van der Waals surface area contributed by atoms with Crippen molar-refractivity contribution in [2.75, 3.05) is 5.75 Å². The van der Waals surface area contributed by atoms with Crippen molar-refractivity contribution < 1.29 is 4.79 Å². The number of hydrazone groups is 1. The predicted octanol–water partition coefficient (Wildman–Crippen LogP) is 4.59. The fourth-order valence-electron chi connectivity index (χ4n) is 3.32. The third-order valence-corrected chi connectivity index (χ3v) is 8.61. The first-order chi connectivity index (χ1) is 14.6.